The minimum absolute atomic E-state index is 0.491. The van der Waals surface area contributed by atoms with Gasteiger partial charge in [0.25, 0.3) is 0 Å². The molecule has 0 amide bonds. The molecular formula is C12H17NO. The van der Waals surface area contributed by atoms with Crippen molar-refractivity contribution in [1.82, 2.24) is 0 Å². The van der Waals surface area contributed by atoms with E-state index in [4.69, 9.17) is 10.5 Å². The maximum absolute atomic E-state index is 5.75. The van der Waals surface area contributed by atoms with Crippen molar-refractivity contribution in [1.29, 1.82) is 0 Å². The Labute approximate surface area is 85.1 Å². The minimum atomic E-state index is 0.491. The first-order valence-corrected chi connectivity index (χ1v) is 5.31. The molecule has 0 aromatic heterocycles. The molecule has 0 spiro atoms. The highest BCUT2D eigenvalue weighted by Crippen LogP contribution is 2.35. The summed E-state index contributed by atoms with van der Waals surface area (Å²) >= 11 is 0. The first-order valence-electron chi connectivity index (χ1n) is 5.31. The van der Waals surface area contributed by atoms with Crippen molar-refractivity contribution in [2.45, 2.75) is 25.7 Å². The Kier molecular flexibility index (Phi) is 2.73. The van der Waals surface area contributed by atoms with E-state index in [1.54, 1.807) is 0 Å². The molecule has 1 unspecified atom stereocenters. The van der Waals surface area contributed by atoms with Gasteiger partial charge in [-0.2, -0.15) is 0 Å². The summed E-state index contributed by atoms with van der Waals surface area (Å²) in [4.78, 5) is 0. The lowest BCUT2D eigenvalue weighted by Gasteiger charge is -2.26. The summed E-state index contributed by atoms with van der Waals surface area (Å²) in [6.45, 7) is 3.69. The van der Waals surface area contributed by atoms with Gasteiger partial charge in [0.2, 0.25) is 0 Å². The van der Waals surface area contributed by atoms with E-state index < -0.39 is 0 Å². The molecule has 2 rings (SSSR count). The number of hydrogen-bond acceptors (Lipinski definition) is 2. The van der Waals surface area contributed by atoms with Crippen LogP contribution in [0.15, 0.2) is 18.2 Å². The van der Waals surface area contributed by atoms with Crippen LogP contribution < -0.4 is 10.5 Å². The SMILES string of the molecule is CCc1cccc2c1OCCC2CN. The van der Waals surface area contributed by atoms with Gasteiger partial charge in [0.05, 0.1) is 6.61 Å². The predicted molar refractivity (Wildman–Crippen MR) is 57.7 cm³/mol. The lowest BCUT2D eigenvalue weighted by atomic mass is 9.91. The Bertz CT molecular complexity index is 322. The van der Waals surface area contributed by atoms with Crippen molar-refractivity contribution in [2.75, 3.05) is 13.2 Å². The maximum Gasteiger partial charge on any atom is 0.125 e. The number of ether oxygens (including phenoxy) is 1. The zero-order chi connectivity index (χ0) is 9.97. The van der Waals surface area contributed by atoms with Crippen LogP contribution in [-0.4, -0.2) is 13.2 Å². The minimum Gasteiger partial charge on any atom is -0.493 e. The van der Waals surface area contributed by atoms with Crippen LogP contribution in [0.5, 0.6) is 5.75 Å². The molecule has 2 heteroatoms. The van der Waals surface area contributed by atoms with Crippen LogP contribution in [0, 0.1) is 0 Å². The number of para-hydroxylation sites is 1. The summed E-state index contributed by atoms with van der Waals surface area (Å²) in [7, 11) is 0. The van der Waals surface area contributed by atoms with Crippen molar-refractivity contribution < 1.29 is 4.74 Å². The molecule has 0 bridgehead atoms. The van der Waals surface area contributed by atoms with Gasteiger partial charge in [-0.1, -0.05) is 25.1 Å². The fourth-order valence-corrected chi connectivity index (χ4v) is 2.08. The van der Waals surface area contributed by atoms with Crippen molar-refractivity contribution >= 4 is 0 Å². The number of rotatable bonds is 2. The van der Waals surface area contributed by atoms with Gasteiger partial charge in [0.15, 0.2) is 0 Å². The first-order chi connectivity index (χ1) is 6.86. The fourth-order valence-electron chi connectivity index (χ4n) is 2.08. The van der Waals surface area contributed by atoms with Gasteiger partial charge in [-0.25, -0.2) is 0 Å². The second kappa shape index (κ2) is 4.01. The van der Waals surface area contributed by atoms with Gasteiger partial charge in [-0.3, -0.25) is 0 Å². The van der Waals surface area contributed by atoms with E-state index >= 15 is 0 Å². The monoisotopic (exact) mass is 191 g/mol. The first kappa shape index (κ1) is 9.53. The van der Waals surface area contributed by atoms with Crippen LogP contribution in [0.25, 0.3) is 0 Å². The second-order valence-corrected chi connectivity index (χ2v) is 3.76. The van der Waals surface area contributed by atoms with E-state index in [-0.39, 0.29) is 0 Å². The van der Waals surface area contributed by atoms with Crippen LogP contribution in [0.3, 0.4) is 0 Å². The van der Waals surface area contributed by atoms with Crippen LogP contribution >= 0.6 is 0 Å². The molecule has 0 radical (unpaired) electrons. The Morgan fingerprint density at radius 3 is 3.07 bits per heavy atom. The van der Waals surface area contributed by atoms with Gasteiger partial charge >= 0.3 is 0 Å². The molecule has 0 saturated carbocycles. The molecule has 76 valence electrons. The normalized spacial score (nSPS) is 20.0. The average molecular weight is 191 g/mol. The summed E-state index contributed by atoms with van der Waals surface area (Å²) in [5.74, 6) is 1.59. The largest absolute Gasteiger partial charge is 0.493 e. The summed E-state index contributed by atoms with van der Waals surface area (Å²) in [5.41, 5.74) is 8.36. The van der Waals surface area contributed by atoms with Gasteiger partial charge in [-0.05, 0) is 30.5 Å². The van der Waals surface area contributed by atoms with Gasteiger partial charge in [-0.15, -0.1) is 0 Å². The standard InChI is InChI=1S/C12H17NO/c1-2-9-4-3-5-11-10(8-13)6-7-14-12(9)11/h3-5,10H,2,6-8,13H2,1H3. The average Bonchev–Trinajstić information content (AvgIpc) is 2.27. The molecule has 0 aliphatic carbocycles. The van der Waals surface area contributed by atoms with Gasteiger partial charge in [0.1, 0.15) is 5.75 Å². The van der Waals surface area contributed by atoms with Crippen LogP contribution in [0.2, 0.25) is 0 Å². The van der Waals surface area contributed by atoms with E-state index in [1.165, 1.54) is 11.1 Å². The quantitative estimate of drug-likeness (QED) is 0.776. The predicted octanol–water partition coefficient (Wildman–Crippen LogP) is 2.07. The third kappa shape index (κ3) is 1.50. The molecule has 0 saturated heterocycles. The summed E-state index contributed by atoms with van der Waals surface area (Å²) in [5, 5.41) is 0. The lowest BCUT2D eigenvalue weighted by molar-refractivity contribution is 0.266. The van der Waals surface area contributed by atoms with Gasteiger partial charge in [0, 0.05) is 5.92 Å². The number of nitrogens with two attached hydrogens (primary N) is 1. The van der Waals surface area contributed by atoms with Crippen molar-refractivity contribution in [3.8, 4) is 5.75 Å². The maximum atomic E-state index is 5.75. The number of aryl methyl sites for hydroxylation is 1. The molecule has 1 heterocycles. The third-order valence-electron chi connectivity index (χ3n) is 2.94. The van der Waals surface area contributed by atoms with E-state index in [1.807, 2.05) is 0 Å². The Morgan fingerprint density at radius 2 is 2.36 bits per heavy atom. The molecule has 1 atom stereocenters. The molecule has 0 fully saturated rings. The highest BCUT2D eigenvalue weighted by atomic mass is 16.5. The van der Waals surface area contributed by atoms with Gasteiger partial charge < -0.3 is 10.5 Å². The molecule has 2 nitrogen and oxygen atoms in total. The molecule has 2 N–H and O–H groups in total. The van der Waals surface area contributed by atoms with E-state index in [0.717, 1.165) is 31.7 Å². The highest BCUT2D eigenvalue weighted by molar-refractivity contribution is 5.45. The molecule has 1 aliphatic heterocycles. The summed E-state index contributed by atoms with van der Waals surface area (Å²) < 4.78 is 5.72. The molecule has 14 heavy (non-hydrogen) atoms. The Morgan fingerprint density at radius 1 is 1.50 bits per heavy atom. The summed E-state index contributed by atoms with van der Waals surface area (Å²) in [6, 6.07) is 6.39. The molecule has 1 aromatic rings. The van der Waals surface area contributed by atoms with Crippen molar-refractivity contribution in [3.05, 3.63) is 29.3 Å². The Hall–Kier alpha value is -1.02. The second-order valence-electron chi connectivity index (χ2n) is 3.76. The number of hydrogen-bond donors (Lipinski definition) is 1. The molecular weight excluding hydrogens is 174 g/mol. The number of fused-ring (bicyclic) bond motifs is 1. The third-order valence-corrected chi connectivity index (χ3v) is 2.94. The topological polar surface area (TPSA) is 35.2 Å². The lowest BCUT2D eigenvalue weighted by Crippen LogP contribution is -2.21. The Balaban J connectivity index is 2.43. The van der Waals surface area contributed by atoms with Crippen LogP contribution in [0.4, 0.5) is 0 Å². The zero-order valence-electron chi connectivity index (χ0n) is 8.62. The zero-order valence-corrected chi connectivity index (χ0v) is 8.62. The van der Waals surface area contributed by atoms with E-state index in [0.29, 0.717) is 5.92 Å². The van der Waals surface area contributed by atoms with Crippen molar-refractivity contribution in [3.63, 3.8) is 0 Å². The van der Waals surface area contributed by atoms with E-state index in [9.17, 15) is 0 Å². The smallest absolute Gasteiger partial charge is 0.125 e. The van der Waals surface area contributed by atoms with Crippen LogP contribution in [0.1, 0.15) is 30.4 Å². The molecule has 1 aromatic carbocycles. The van der Waals surface area contributed by atoms with Crippen molar-refractivity contribution in [2.24, 2.45) is 5.73 Å². The molecule has 1 aliphatic rings. The summed E-state index contributed by atoms with van der Waals surface area (Å²) in [6.07, 6.45) is 2.08. The number of benzene rings is 1. The van der Waals surface area contributed by atoms with E-state index in [2.05, 4.69) is 25.1 Å². The highest BCUT2D eigenvalue weighted by Gasteiger charge is 2.21. The van der Waals surface area contributed by atoms with Crippen LogP contribution in [-0.2, 0) is 6.42 Å². The fraction of sp³-hybridized carbons (Fsp3) is 0.500.